The maximum atomic E-state index is 9.46. The molecule has 1 N–H and O–H groups in total. The van der Waals surface area contributed by atoms with Gasteiger partial charge < -0.3 is 9.67 Å². The number of fused-ring (bicyclic) bond motifs is 1. The molecular weight excluding hydrogens is 164 g/mol. The van der Waals surface area contributed by atoms with E-state index in [-0.39, 0.29) is 6.10 Å². The van der Waals surface area contributed by atoms with Crippen molar-refractivity contribution in [3.63, 3.8) is 0 Å². The molecule has 1 aliphatic rings. The quantitative estimate of drug-likeness (QED) is 0.707. The van der Waals surface area contributed by atoms with Crippen LogP contribution in [0, 0.1) is 0 Å². The minimum Gasteiger partial charge on any atom is -0.393 e. The molecular formula is C10H16N2O. The molecule has 0 saturated carbocycles. The van der Waals surface area contributed by atoms with Crippen LogP contribution in [0.4, 0.5) is 0 Å². The molecule has 0 radical (unpaired) electrons. The maximum absolute atomic E-state index is 9.46. The number of imidazole rings is 1. The van der Waals surface area contributed by atoms with Crippen LogP contribution in [0.25, 0.3) is 0 Å². The third-order valence-electron chi connectivity index (χ3n) is 2.62. The van der Waals surface area contributed by atoms with Crippen LogP contribution in [-0.4, -0.2) is 20.8 Å². The first-order valence-electron chi connectivity index (χ1n) is 4.91. The van der Waals surface area contributed by atoms with Crippen molar-refractivity contribution in [2.24, 2.45) is 0 Å². The van der Waals surface area contributed by atoms with Gasteiger partial charge in [-0.2, -0.15) is 0 Å². The molecule has 72 valence electrons. The Morgan fingerprint density at radius 2 is 2.38 bits per heavy atom. The lowest BCUT2D eigenvalue weighted by Crippen LogP contribution is -2.24. The van der Waals surface area contributed by atoms with Gasteiger partial charge in [0.15, 0.2) is 0 Å². The lowest BCUT2D eigenvalue weighted by molar-refractivity contribution is 0.142. The molecule has 0 amide bonds. The molecule has 1 aliphatic heterocycles. The van der Waals surface area contributed by atoms with Crippen LogP contribution in [0.2, 0.25) is 0 Å². The number of aromatic nitrogens is 2. The summed E-state index contributed by atoms with van der Waals surface area (Å²) in [5.74, 6) is 1.63. The van der Waals surface area contributed by atoms with Crippen LogP contribution in [0.1, 0.15) is 37.7 Å². The smallest absolute Gasteiger partial charge is 0.111 e. The Morgan fingerprint density at radius 3 is 3.08 bits per heavy atom. The summed E-state index contributed by atoms with van der Waals surface area (Å²) in [4.78, 5) is 4.38. The van der Waals surface area contributed by atoms with Crippen LogP contribution in [0.3, 0.4) is 0 Å². The highest BCUT2D eigenvalue weighted by Gasteiger charge is 2.20. The van der Waals surface area contributed by atoms with Gasteiger partial charge in [-0.15, -0.1) is 0 Å². The van der Waals surface area contributed by atoms with Gasteiger partial charge in [-0.05, 0) is 6.42 Å². The molecule has 0 aromatic carbocycles. The molecule has 0 bridgehead atoms. The average molecular weight is 180 g/mol. The molecule has 1 unspecified atom stereocenters. The van der Waals surface area contributed by atoms with Crippen molar-refractivity contribution in [1.29, 1.82) is 0 Å². The zero-order valence-corrected chi connectivity index (χ0v) is 8.20. The lowest BCUT2D eigenvalue weighted by atomic mass is 10.1. The summed E-state index contributed by atoms with van der Waals surface area (Å²) in [5, 5.41) is 9.46. The fourth-order valence-corrected chi connectivity index (χ4v) is 1.93. The van der Waals surface area contributed by atoms with Gasteiger partial charge in [0.05, 0.1) is 6.10 Å². The summed E-state index contributed by atoms with van der Waals surface area (Å²) in [6.45, 7) is 5.23. The minimum absolute atomic E-state index is 0.163. The standard InChI is InChI=1S/C10H16N2O/c1-7(2)10-11-6-8-5-9(13)3-4-12(8)10/h6-7,9,13H,3-5H2,1-2H3. The van der Waals surface area contributed by atoms with E-state index in [1.807, 2.05) is 6.20 Å². The van der Waals surface area contributed by atoms with Crippen LogP contribution < -0.4 is 0 Å². The van der Waals surface area contributed by atoms with Gasteiger partial charge in [-0.3, -0.25) is 0 Å². The highest BCUT2D eigenvalue weighted by molar-refractivity contribution is 5.11. The zero-order valence-electron chi connectivity index (χ0n) is 8.20. The van der Waals surface area contributed by atoms with E-state index < -0.39 is 0 Å². The minimum atomic E-state index is -0.163. The van der Waals surface area contributed by atoms with E-state index >= 15 is 0 Å². The van der Waals surface area contributed by atoms with E-state index in [9.17, 15) is 5.11 Å². The van der Waals surface area contributed by atoms with Gasteiger partial charge in [0, 0.05) is 30.8 Å². The van der Waals surface area contributed by atoms with Crippen molar-refractivity contribution in [3.05, 3.63) is 17.7 Å². The molecule has 3 heteroatoms. The number of aliphatic hydroxyl groups is 1. The van der Waals surface area contributed by atoms with Crippen LogP contribution in [0.15, 0.2) is 6.20 Å². The first-order valence-corrected chi connectivity index (χ1v) is 4.91. The molecule has 1 aromatic heterocycles. The normalized spacial score (nSPS) is 22.0. The molecule has 2 rings (SSSR count). The third kappa shape index (κ3) is 1.48. The summed E-state index contributed by atoms with van der Waals surface area (Å²) in [6, 6.07) is 0. The van der Waals surface area contributed by atoms with Crippen molar-refractivity contribution in [2.45, 2.75) is 45.3 Å². The Hall–Kier alpha value is -0.830. The van der Waals surface area contributed by atoms with E-state index in [2.05, 4.69) is 23.4 Å². The monoisotopic (exact) mass is 180 g/mol. The van der Waals surface area contributed by atoms with Gasteiger partial charge in [0.25, 0.3) is 0 Å². The number of hydrogen-bond acceptors (Lipinski definition) is 2. The Kier molecular flexibility index (Phi) is 2.12. The van der Waals surface area contributed by atoms with E-state index in [1.54, 1.807) is 0 Å². The van der Waals surface area contributed by atoms with Crippen molar-refractivity contribution in [2.75, 3.05) is 0 Å². The van der Waals surface area contributed by atoms with E-state index in [0.29, 0.717) is 5.92 Å². The molecule has 1 aromatic rings. The molecule has 1 atom stereocenters. The van der Waals surface area contributed by atoms with Crippen molar-refractivity contribution < 1.29 is 5.11 Å². The molecule has 0 saturated heterocycles. The SMILES string of the molecule is CC(C)c1ncc2n1CCC(O)C2. The first kappa shape index (κ1) is 8.75. The second-order valence-electron chi connectivity index (χ2n) is 4.06. The highest BCUT2D eigenvalue weighted by Crippen LogP contribution is 2.21. The van der Waals surface area contributed by atoms with Crippen LogP contribution in [-0.2, 0) is 13.0 Å². The zero-order chi connectivity index (χ0) is 9.42. The largest absolute Gasteiger partial charge is 0.393 e. The fraction of sp³-hybridized carbons (Fsp3) is 0.700. The summed E-state index contributed by atoms with van der Waals surface area (Å²) < 4.78 is 2.25. The van der Waals surface area contributed by atoms with Crippen molar-refractivity contribution in [1.82, 2.24) is 9.55 Å². The fourth-order valence-electron chi connectivity index (χ4n) is 1.93. The van der Waals surface area contributed by atoms with Gasteiger partial charge in [0.2, 0.25) is 0 Å². The Bertz CT molecular complexity index is 304. The molecule has 0 aliphatic carbocycles. The van der Waals surface area contributed by atoms with Crippen LogP contribution in [0.5, 0.6) is 0 Å². The number of rotatable bonds is 1. The Balaban J connectivity index is 2.33. The molecule has 0 spiro atoms. The van der Waals surface area contributed by atoms with Gasteiger partial charge in [0.1, 0.15) is 5.82 Å². The summed E-state index contributed by atoms with van der Waals surface area (Å²) >= 11 is 0. The van der Waals surface area contributed by atoms with E-state index in [4.69, 9.17) is 0 Å². The number of aliphatic hydroxyl groups excluding tert-OH is 1. The Morgan fingerprint density at radius 1 is 1.62 bits per heavy atom. The highest BCUT2D eigenvalue weighted by atomic mass is 16.3. The van der Waals surface area contributed by atoms with Gasteiger partial charge >= 0.3 is 0 Å². The number of hydrogen-bond donors (Lipinski definition) is 1. The van der Waals surface area contributed by atoms with Crippen LogP contribution >= 0.6 is 0 Å². The lowest BCUT2D eigenvalue weighted by Gasteiger charge is -2.21. The van der Waals surface area contributed by atoms with Gasteiger partial charge in [-0.1, -0.05) is 13.8 Å². The van der Waals surface area contributed by atoms with Crippen molar-refractivity contribution in [3.8, 4) is 0 Å². The first-order chi connectivity index (χ1) is 6.18. The second-order valence-corrected chi connectivity index (χ2v) is 4.06. The molecule has 3 nitrogen and oxygen atoms in total. The van der Waals surface area contributed by atoms with E-state index in [1.165, 1.54) is 5.69 Å². The Labute approximate surface area is 78.4 Å². The van der Waals surface area contributed by atoms with E-state index in [0.717, 1.165) is 25.2 Å². The third-order valence-corrected chi connectivity index (χ3v) is 2.62. The number of nitrogens with zero attached hydrogens (tertiary/aromatic N) is 2. The predicted octanol–water partition coefficient (Wildman–Crippen LogP) is 1.31. The van der Waals surface area contributed by atoms with Crippen molar-refractivity contribution >= 4 is 0 Å². The topological polar surface area (TPSA) is 38.0 Å². The summed E-state index contributed by atoms with van der Waals surface area (Å²) in [6.07, 6.45) is 3.37. The maximum Gasteiger partial charge on any atom is 0.111 e. The van der Waals surface area contributed by atoms with Gasteiger partial charge in [-0.25, -0.2) is 4.98 Å². The summed E-state index contributed by atoms with van der Waals surface area (Å²) in [5.41, 5.74) is 1.18. The second kappa shape index (κ2) is 3.14. The average Bonchev–Trinajstić information content (AvgIpc) is 2.46. The molecule has 0 fully saturated rings. The molecule has 2 heterocycles. The molecule has 13 heavy (non-hydrogen) atoms. The summed E-state index contributed by atoms with van der Waals surface area (Å²) in [7, 11) is 0. The predicted molar refractivity (Wildman–Crippen MR) is 50.6 cm³/mol.